The number of non-ortho nitro benzene ring substituents is 1. The molecule has 9 nitrogen and oxygen atoms in total. The maximum atomic E-state index is 13.0. The number of nitro benzene ring substituents is 1. The van der Waals surface area contributed by atoms with E-state index < -0.39 is 22.7 Å². The van der Waals surface area contributed by atoms with Gasteiger partial charge in [-0.1, -0.05) is 24.3 Å². The van der Waals surface area contributed by atoms with E-state index in [-0.39, 0.29) is 35.9 Å². The molecule has 0 saturated carbocycles. The van der Waals surface area contributed by atoms with Crippen molar-refractivity contribution in [3.8, 4) is 0 Å². The summed E-state index contributed by atoms with van der Waals surface area (Å²) in [7, 11) is 0. The van der Waals surface area contributed by atoms with Gasteiger partial charge < -0.3 is 10.1 Å². The Morgan fingerprint density at radius 1 is 1.19 bits per heavy atom. The van der Waals surface area contributed by atoms with E-state index in [4.69, 9.17) is 4.74 Å². The molecule has 160 valence electrons. The van der Waals surface area contributed by atoms with Gasteiger partial charge in [-0.05, 0) is 32.0 Å². The Kier molecular flexibility index (Phi) is 6.44. The van der Waals surface area contributed by atoms with Gasteiger partial charge in [-0.25, -0.2) is 4.79 Å². The van der Waals surface area contributed by atoms with Crippen molar-refractivity contribution in [1.82, 2.24) is 0 Å². The van der Waals surface area contributed by atoms with Crippen LogP contribution in [0.1, 0.15) is 20.3 Å². The van der Waals surface area contributed by atoms with E-state index in [2.05, 4.69) is 5.32 Å². The number of hydrogen-bond acceptors (Lipinski definition) is 6. The highest BCUT2D eigenvalue weighted by Gasteiger charge is 2.40. The number of nitro groups is 1. The molecule has 2 aromatic rings. The molecule has 2 aromatic carbocycles. The molecule has 9 heteroatoms. The number of para-hydroxylation sites is 1. The number of nitrogens with zero attached hydrogens (tertiary/aromatic N) is 2. The summed E-state index contributed by atoms with van der Waals surface area (Å²) in [6.45, 7) is 3.34. The summed E-state index contributed by atoms with van der Waals surface area (Å²) >= 11 is 0. The number of benzene rings is 2. The average Bonchev–Trinajstić information content (AvgIpc) is 2.74. The standard InChI is InChI=1S/C22H21N3O6/c1-3-31-22(28)20-14(2)24(16-9-5-4-6-10-16)19(26)13-18(20)21(27)23-15-8-7-11-17(12-15)25(29)30/h4-12,18H,3,13H2,1-2H3,(H,23,27). The topological polar surface area (TPSA) is 119 Å². The minimum atomic E-state index is -1.09. The third-order valence-corrected chi connectivity index (χ3v) is 4.85. The van der Waals surface area contributed by atoms with E-state index >= 15 is 0 Å². The number of hydrogen-bond donors (Lipinski definition) is 1. The zero-order chi connectivity index (χ0) is 22.5. The Morgan fingerprint density at radius 2 is 1.90 bits per heavy atom. The zero-order valence-electron chi connectivity index (χ0n) is 17.0. The first kappa shape index (κ1) is 21.7. The number of nitrogens with one attached hydrogen (secondary N) is 1. The molecular formula is C22H21N3O6. The molecule has 0 spiro atoms. The first-order valence-electron chi connectivity index (χ1n) is 9.64. The molecule has 1 aliphatic heterocycles. The predicted octanol–water partition coefficient (Wildman–Crippen LogP) is 3.42. The van der Waals surface area contributed by atoms with Crippen LogP contribution in [0.2, 0.25) is 0 Å². The van der Waals surface area contributed by atoms with Crippen LogP contribution in [-0.2, 0) is 19.1 Å². The summed E-state index contributed by atoms with van der Waals surface area (Å²) in [6.07, 6.45) is -0.249. The second-order valence-corrected chi connectivity index (χ2v) is 6.84. The molecule has 1 heterocycles. The highest BCUT2D eigenvalue weighted by atomic mass is 16.6. The number of anilines is 2. The first-order valence-corrected chi connectivity index (χ1v) is 9.64. The van der Waals surface area contributed by atoms with Crippen molar-refractivity contribution in [2.75, 3.05) is 16.8 Å². The summed E-state index contributed by atoms with van der Waals surface area (Å²) in [4.78, 5) is 50.4. The van der Waals surface area contributed by atoms with Gasteiger partial charge in [0.2, 0.25) is 11.8 Å². The lowest BCUT2D eigenvalue weighted by Gasteiger charge is -2.33. The van der Waals surface area contributed by atoms with E-state index in [0.29, 0.717) is 11.4 Å². The monoisotopic (exact) mass is 423 g/mol. The van der Waals surface area contributed by atoms with Gasteiger partial charge in [-0.15, -0.1) is 0 Å². The van der Waals surface area contributed by atoms with Gasteiger partial charge in [0.05, 0.1) is 23.0 Å². The Bertz CT molecular complexity index is 1060. The molecule has 0 aromatic heterocycles. The van der Waals surface area contributed by atoms with E-state index in [1.54, 1.807) is 44.2 Å². The van der Waals surface area contributed by atoms with Crippen molar-refractivity contribution in [3.05, 3.63) is 76.0 Å². The minimum Gasteiger partial charge on any atom is -0.463 e. The molecule has 1 N–H and O–H groups in total. The number of carbonyl (C=O) groups excluding carboxylic acids is 3. The smallest absolute Gasteiger partial charge is 0.336 e. The molecule has 0 bridgehead atoms. The van der Waals surface area contributed by atoms with Crippen LogP contribution in [-0.4, -0.2) is 29.3 Å². The molecule has 1 unspecified atom stereocenters. The highest BCUT2D eigenvalue weighted by Crippen LogP contribution is 2.34. The quantitative estimate of drug-likeness (QED) is 0.432. The summed E-state index contributed by atoms with van der Waals surface area (Å²) in [5, 5.41) is 13.6. The third kappa shape index (κ3) is 4.61. The number of esters is 1. The van der Waals surface area contributed by atoms with Crippen LogP contribution in [0.25, 0.3) is 0 Å². The fourth-order valence-corrected chi connectivity index (χ4v) is 3.49. The van der Waals surface area contributed by atoms with E-state index in [9.17, 15) is 24.5 Å². The lowest BCUT2D eigenvalue weighted by Crippen LogP contribution is -2.43. The third-order valence-electron chi connectivity index (χ3n) is 4.85. The molecule has 2 amide bonds. The van der Waals surface area contributed by atoms with Crippen molar-refractivity contribution < 1.29 is 24.0 Å². The van der Waals surface area contributed by atoms with E-state index in [1.165, 1.54) is 29.2 Å². The lowest BCUT2D eigenvalue weighted by atomic mass is 9.88. The molecular weight excluding hydrogens is 402 g/mol. The fraction of sp³-hybridized carbons (Fsp3) is 0.227. The van der Waals surface area contributed by atoms with Gasteiger partial charge >= 0.3 is 5.97 Å². The lowest BCUT2D eigenvalue weighted by molar-refractivity contribution is -0.384. The maximum Gasteiger partial charge on any atom is 0.336 e. The predicted molar refractivity (Wildman–Crippen MR) is 113 cm³/mol. The van der Waals surface area contributed by atoms with Crippen molar-refractivity contribution in [1.29, 1.82) is 0 Å². The van der Waals surface area contributed by atoms with Gasteiger partial charge in [0.25, 0.3) is 5.69 Å². The largest absolute Gasteiger partial charge is 0.463 e. The Hall–Kier alpha value is -4.01. The molecule has 0 saturated heterocycles. The summed E-state index contributed by atoms with van der Waals surface area (Å²) < 4.78 is 5.15. The first-order chi connectivity index (χ1) is 14.8. The van der Waals surface area contributed by atoms with E-state index in [0.717, 1.165) is 0 Å². The van der Waals surface area contributed by atoms with Gasteiger partial charge in [-0.2, -0.15) is 0 Å². The average molecular weight is 423 g/mol. The Labute approximate surface area is 178 Å². The molecule has 0 aliphatic carbocycles. The zero-order valence-corrected chi connectivity index (χ0v) is 17.0. The van der Waals surface area contributed by atoms with Gasteiger partial charge in [0, 0.05) is 35.6 Å². The maximum absolute atomic E-state index is 13.0. The molecule has 0 fully saturated rings. The Morgan fingerprint density at radius 3 is 2.55 bits per heavy atom. The van der Waals surface area contributed by atoms with Crippen LogP contribution < -0.4 is 10.2 Å². The van der Waals surface area contributed by atoms with Crippen LogP contribution in [0.15, 0.2) is 65.9 Å². The molecule has 31 heavy (non-hydrogen) atoms. The molecule has 1 atom stereocenters. The minimum absolute atomic E-state index is 0.0771. The van der Waals surface area contributed by atoms with Crippen LogP contribution >= 0.6 is 0 Å². The van der Waals surface area contributed by atoms with Crippen LogP contribution in [0.4, 0.5) is 17.1 Å². The molecule has 3 rings (SSSR count). The second-order valence-electron chi connectivity index (χ2n) is 6.84. The van der Waals surface area contributed by atoms with Crippen LogP contribution in [0, 0.1) is 16.0 Å². The Balaban J connectivity index is 1.98. The van der Waals surface area contributed by atoms with Crippen LogP contribution in [0.3, 0.4) is 0 Å². The number of carbonyl (C=O) groups is 3. The SMILES string of the molecule is CCOC(=O)C1=C(C)N(c2ccccc2)C(=O)CC1C(=O)Nc1cccc([N+](=O)[O-])c1. The molecule has 1 aliphatic rings. The number of amides is 2. The fourth-order valence-electron chi connectivity index (χ4n) is 3.49. The summed E-state index contributed by atoms with van der Waals surface area (Å²) in [5.74, 6) is -2.75. The van der Waals surface area contributed by atoms with Gasteiger partial charge in [-0.3, -0.25) is 24.6 Å². The second kappa shape index (κ2) is 9.21. The number of rotatable bonds is 6. The number of allylic oxidation sites excluding steroid dienone is 1. The van der Waals surface area contributed by atoms with E-state index in [1.807, 2.05) is 0 Å². The normalized spacial score (nSPS) is 16.1. The van der Waals surface area contributed by atoms with Gasteiger partial charge in [0.1, 0.15) is 0 Å². The van der Waals surface area contributed by atoms with Crippen molar-refractivity contribution in [2.24, 2.45) is 5.92 Å². The van der Waals surface area contributed by atoms with Gasteiger partial charge in [0.15, 0.2) is 0 Å². The number of ether oxygens (including phenoxy) is 1. The highest BCUT2D eigenvalue weighted by molar-refractivity contribution is 6.10. The molecule has 0 radical (unpaired) electrons. The van der Waals surface area contributed by atoms with Crippen molar-refractivity contribution >= 4 is 34.8 Å². The summed E-state index contributed by atoms with van der Waals surface area (Å²) in [6, 6.07) is 14.2. The van der Waals surface area contributed by atoms with Crippen molar-refractivity contribution in [2.45, 2.75) is 20.3 Å². The summed E-state index contributed by atoms with van der Waals surface area (Å²) in [5.41, 5.74) is 0.959. The van der Waals surface area contributed by atoms with Crippen LogP contribution in [0.5, 0.6) is 0 Å². The van der Waals surface area contributed by atoms with Crippen molar-refractivity contribution in [3.63, 3.8) is 0 Å².